The van der Waals surface area contributed by atoms with Gasteiger partial charge in [0.1, 0.15) is 0 Å². The molecule has 0 aromatic heterocycles. The summed E-state index contributed by atoms with van der Waals surface area (Å²) < 4.78 is 11.3. The van der Waals surface area contributed by atoms with Gasteiger partial charge in [0, 0.05) is 11.1 Å². The number of rotatable bonds is 5. The van der Waals surface area contributed by atoms with Crippen molar-refractivity contribution in [3.63, 3.8) is 0 Å². The maximum Gasteiger partial charge on any atom is 0.314 e. The Morgan fingerprint density at radius 3 is 2.48 bits per heavy atom. The fourth-order valence-electron chi connectivity index (χ4n) is 3.06. The number of benzene rings is 1. The number of carbonyl (C=O) groups is 1. The predicted octanol–water partition coefficient (Wildman–Crippen LogP) is 3.79. The van der Waals surface area contributed by atoms with E-state index in [0.29, 0.717) is 34.9 Å². The molecule has 5 heteroatoms. The molecule has 1 aromatic carbocycles. The summed E-state index contributed by atoms with van der Waals surface area (Å²) in [6, 6.07) is 3.44. The molecule has 0 heterocycles. The number of aliphatic carboxylic acids is 1. The molecule has 114 valence electrons. The first-order valence-electron chi connectivity index (χ1n) is 7.35. The molecular formula is C16H19ClO4. The molecule has 2 saturated carbocycles. The molecule has 0 spiro atoms. The van der Waals surface area contributed by atoms with E-state index < -0.39 is 11.4 Å². The van der Waals surface area contributed by atoms with Gasteiger partial charge in [-0.15, -0.1) is 0 Å². The highest BCUT2D eigenvalue weighted by Gasteiger charge is 2.53. The number of hydrogen-bond acceptors (Lipinski definition) is 3. The predicted molar refractivity (Wildman–Crippen MR) is 79.4 cm³/mol. The van der Waals surface area contributed by atoms with Gasteiger partial charge in [0.25, 0.3) is 0 Å². The van der Waals surface area contributed by atoms with Gasteiger partial charge in [-0.05, 0) is 50.2 Å². The molecule has 2 aliphatic rings. The zero-order valence-corrected chi connectivity index (χ0v) is 12.8. The van der Waals surface area contributed by atoms with E-state index in [-0.39, 0.29) is 6.10 Å². The molecule has 4 nitrogen and oxygen atoms in total. The van der Waals surface area contributed by atoms with E-state index in [1.165, 1.54) is 12.8 Å². The average molecular weight is 311 g/mol. The summed E-state index contributed by atoms with van der Waals surface area (Å²) in [6.07, 6.45) is 5.89. The highest BCUT2D eigenvalue weighted by Crippen LogP contribution is 2.53. The second-order valence-corrected chi connectivity index (χ2v) is 6.30. The lowest BCUT2D eigenvalue weighted by atomic mass is 9.95. The summed E-state index contributed by atoms with van der Waals surface area (Å²) in [4.78, 5) is 11.5. The highest BCUT2D eigenvalue weighted by atomic mass is 35.5. The van der Waals surface area contributed by atoms with Crippen LogP contribution in [0, 0.1) is 0 Å². The van der Waals surface area contributed by atoms with Gasteiger partial charge in [-0.1, -0.05) is 11.6 Å². The van der Waals surface area contributed by atoms with Crippen molar-refractivity contribution in [3.05, 3.63) is 22.7 Å². The average Bonchev–Trinajstić information content (AvgIpc) is 3.11. The Kier molecular flexibility index (Phi) is 3.74. The molecular weight excluding hydrogens is 292 g/mol. The minimum absolute atomic E-state index is 0.204. The second-order valence-electron chi connectivity index (χ2n) is 5.89. The van der Waals surface area contributed by atoms with E-state index in [1.807, 2.05) is 0 Å². The minimum Gasteiger partial charge on any atom is -0.493 e. The molecule has 2 fully saturated rings. The smallest absolute Gasteiger partial charge is 0.314 e. The van der Waals surface area contributed by atoms with Gasteiger partial charge in [-0.3, -0.25) is 4.79 Å². The van der Waals surface area contributed by atoms with Crippen LogP contribution in [0.4, 0.5) is 0 Å². The van der Waals surface area contributed by atoms with Gasteiger partial charge < -0.3 is 14.6 Å². The van der Waals surface area contributed by atoms with Crippen LogP contribution in [0.2, 0.25) is 5.02 Å². The fraction of sp³-hybridized carbons (Fsp3) is 0.562. The van der Waals surface area contributed by atoms with Crippen molar-refractivity contribution in [3.8, 4) is 11.5 Å². The Balaban J connectivity index is 1.93. The lowest BCUT2D eigenvalue weighted by Crippen LogP contribution is -2.20. The molecule has 0 saturated heterocycles. The van der Waals surface area contributed by atoms with Crippen molar-refractivity contribution < 1.29 is 19.4 Å². The van der Waals surface area contributed by atoms with Gasteiger partial charge >= 0.3 is 5.97 Å². The van der Waals surface area contributed by atoms with Crippen LogP contribution in [0.3, 0.4) is 0 Å². The lowest BCUT2D eigenvalue weighted by molar-refractivity contribution is -0.140. The van der Waals surface area contributed by atoms with Crippen LogP contribution in [-0.2, 0) is 10.2 Å². The zero-order chi connectivity index (χ0) is 15.0. The number of ether oxygens (including phenoxy) is 2. The molecule has 3 rings (SSSR count). The Bertz CT molecular complexity index is 560. The monoisotopic (exact) mass is 310 g/mol. The quantitative estimate of drug-likeness (QED) is 0.899. The fourth-order valence-corrected chi connectivity index (χ4v) is 3.40. The van der Waals surface area contributed by atoms with Gasteiger partial charge in [0.05, 0.1) is 18.6 Å². The van der Waals surface area contributed by atoms with Crippen LogP contribution in [0.1, 0.15) is 44.1 Å². The van der Waals surface area contributed by atoms with E-state index in [9.17, 15) is 9.90 Å². The number of methoxy groups -OCH3 is 1. The molecule has 0 amide bonds. The Morgan fingerprint density at radius 2 is 1.95 bits per heavy atom. The van der Waals surface area contributed by atoms with Gasteiger partial charge in [-0.25, -0.2) is 0 Å². The van der Waals surface area contributed by atoms with Crippen molar-refractivity contribution in [2.45, 2.75) is 50.0 Å². The van der Waals surface area contributed by atoms with Crippen molar-refractivity contribution in [1.29, 1.82) is 0 Å². The van der Waals surface area contributed by atoms with E-state index >= 15 is 0 Å². The summed E-state index contributed by atoms with van der Waals surface area (Å²) in [6.45, 7) is 0. The second kappa shape index (κ2) is 5.41. The van der Waals surface area contributed by atoms with Crippen LogP contribution in [0.5, 0.6) is 11.5 Å². The molecule has 0 unspecified atom stereocenters. The highest BCUT2D eigenvalue weighted by molar-refractivity contribution is 6.32. The molecule has 21 heavy (non-hydrogen) atoms. The third-order valence-electron chi connectivity index (χ3n) is 4.52. The van der Waals surface area contributed by atoms with E-state index in [4.69, 9.17) is 21.1 Å². The summed E-state index contributed by atoms with van der Waals surface area (Å²) in [5.41, 5.74) is -0.205. The van der Waals surface area contributed by atoms with E-state index in [1.54, 1.807) is 19.2 Å². The van der Waals surface area contributed by atoms with Crippen LogP contribution in [0.15, 0.2) is 12.1 Å². The van der Waals surface area contributed by atoms with Gasteiger partial charge in [0.2, 0.25) is 0 Å². The first-order valence-corrected chi connectivity index (χ1v) is 7.73. The number of hydrogen-bond donors (Lipinski definition) is 1. The molecule has 0 bridgehead atoms. The molecule has 1 aromatic rings. The van der Waals surface area contributed by atoms with E-state index in [0.717, 1.165) is 12.8 Å². The third-order valence-corrected chi connectivity index (χ3v) is 4.84. The van der Waals surface area contributed by atoms with Crippen molar-refractivity contribution in [1.82, 2.24) is 0 Å². The number of halogens is 1. The lowest BCUT2D eigenvalue weighted by Gasteiger charge is -2.19. The Morgan fingerprint density at radius 1 is 1.29 bits per heavy atom. The number of carboxylic acid groups (broad SMARTS) is 1. The van der Waals surface area contributed by atoms with E-state index in [2.05, 4.69) is 0 Å². The normalized spacial score (nSPS) is 20.3. The van der Waals surface area contributed by atoms with Crippen LogP contribution < -0.4 is 9.47 Å². The van der Waals surface area contributed by atoms with Crippen LogP contribution in [0.25, 0.3) is 0 Å². The van der Waals surface area contributed by atoms with Gasteiger partial charge in [0.15, 0.2) is 11.5 Å². The Hall–Kier alpha value is -1.42. The van der Waals surface area contributed by atoms with Crippen molar-refractivity contribution in [2.75, 3.05) is 7.11 Å². The maximum atomic E-state index is 11.5. The Labute approximate surface area is 129 Å². The SMILES string of the molecule is COc1cc(C2(C(=O)O)CC2)c(Cl)cc1OC1CCCC1. The minimum atomic E-state index is -0.837. The summed E-state index contributed by atoms with van der Waals surface area (Å²) >= 11 is 6.31. The summed E-state index contributed by atoms with van der Waals surface area (Å²) in [5.74, 6) is 0.351. The first kappa shape index (κ1) is 14.5. The van der Waals surface area contributed by atoms with Crippen LogP contribution in [-0.4, -0.2) is 24.3 Å². The topological polar surface area (TPSA) is 55.8 Å². The zero-order valence-electron chi connectivity index (χ0n) is 12.0. The molecule has 1 N–H and O–H groups in total. The third kappa shape index (κ3) is 2.57. The molecule has 0 aliphatic heterocycles. The molecule has 0 radical (unpaired) electrons. The maximum absolute atomic E-state index is 11.5. The summed E-state index contributed by atoms with van der Waals surface area (Å²) in [5, 5.41) is 9.86. The summed E-state index contributed by atoms with van der Waals surface area (Å²) in [7, 11) is 1.56. The largest absolute Gasteiger partial charge is 0.493 e. The van der Waals surface area contributed by atoms with Gasteiger partial charge in [-0.2, -0.15) is 0 Å². The van der Waals surface area contributed by atoms with Crippen LogP contribution >= 0.6 is 11.6 Å². The molecule has 0 atom stereocenters. The van der Waals surface area contributed by atoms with Crippen molar-refractivity contribution in [2.24, 2.45) is 0 Å². The van der Waals surface area contributed by atoms with Crippen molar-refractivity contribution >= 4 is 17.6 Å². The molecule has 2 aliphatic carbocycles. The standard InChI is InChI=1S/C16H19ClO4/c1-20-13-8-11(16(6-7-16)15(18)19)12(17)9-14(13)21-10-4-2-3-5-10/h8-10H,2-7H2,1H3,(H,18,19). The first-order chi connectivity index (χ1) is 10.1. The number of carboxylic acids is 1.